The van der Waals surface area contributed by atoms with Crippen LogP contribution < -0.4 is 30.0 Å². The first-order valence-corrected chi connectivity index (χ1v) is 30.9. The molecule has 2 aromatic carbocycles. The number of nitrogens with two attached hydrogens (primary N) is 2. The Kier molecular flexibility index (Phi) is 21.9. The number of halogens is 5. The lowest BCUT2D eigenvalue weighted by Gasteiger charge is -2.27. The Balaban J connectivity index is 0.000000226. The molecule has 468 valence electrons. The van der Waals surface area contributed by atoms with Crippen molar-refractivity contribution in [2.45, 2.75) is 129 Å². The zero-order chi connectivity index (χ0) is 63.0. The van der Waals surface area contributed by atoms with E-state index in [4.69, 9.17) is 69.8 Å². The summed E-state index contributed by atoms with van der Waals surface area (Å²) in [6, 6.07) is 16.5. The molecule has 85 heavy (non-hydrogen) atoms. The van der Waals surface area contributed by atoms with Crippen molar-refractivity contribution in [1.29, 1.82) is 0 Å². The highest BCUT2D eigenvalue weighted by Gasteiger charge is 2.66. The molecule has 2 saturated heterocycles. The summed E-state index contributed by atoms with van der Waals surface area (Å²) in [7, 11) is -4.34. The first kappa shape index (κ1) is 67.6. The summed E-state index contributed by atoms with van der Waals surface area (Å²) in [5, 5.41) is 30.5. The van der Waals surface area contributed by atoms with Gasteiger partial charge in [0.2, 0.25) is 23.7 Å². The van der Waals surface area contributed by atoms with Crippen molar-refractivity contribution in [3.63, 3.8) is 0 Å². The molecule has 2 fully saturated rings. The van der Waals surface area contributed by atoms with Crippen LogP contribution in [0.5, 0.6) is 23.3 Å². The third-order valence-electron chi connectivity index (χ3n) is 12.4. The number of alkyl halides is 4. The van der Waals surface area contributed by atoms with Crippen LogP contribution in [0.2, 0.25) is 0 Å². The standard InChI is InChI=1S/C26H34F2N5O8P.C13H18ClO4P.C13H17F2N5O4/c1-6-37-20-18-19(31-24(29)32-20)33(14-30-18)23-25(5,35)22(27)26(28,40-23)13-38-42(36,41-17-10-8-7-9-11-17)12-16(4)21(34)39-15(2)3;1-10(2)17-13(15)11(3)9-19(14,16)18-12-7-5-4-6-8-12;1-3-23-8-6-7(18-11(16)19-8)20(5-17-6)10-12(2,22)9(14)13(15,4-21)24-10/h7-11,14-16,22-23,35H,6,12-13H2,1-5H3,(H2,29,31,32);4-8,10-11H,9H2,1-3H3;5,9-10,21-22H,3-4H2,1-2H3,(H2,16,18,19)/t16-,22+,23-,25-,26-,42?;11-,19?;9-,10+,12+,13+/m110/s1. The van der Waals surface area contributed by atoms with Crippen LogP contribution in [0.1, 0.15) is 81.7 Å². The number of imidazole rings is 2. The molecule has 2 unspecified atom stereocenters. The molecule has 0 saturated carbocycles. The number of anilines is 2. The van der Waals surface area contributed by atoms with E-state index in [2.05, 4.69) is 29.9 Å². The van der Waals surface area contributed by atoms with Gasteiger partial charge in [0.1, 0.15) is 35.9 Å². The van der Waals surface area contributed by atoms with Gasteiger partial charge in [-0.2, -0.15) is 19.9 Å². The van der Waals surface area contributed by atoms with Crippen LogP contribution in [-0.4, -0.2) is 153 Å². The number of aromatic nitrogens is 8. The highest BCUT2D eigenvalue weighted by Crippen LogP contribution is 2.56. The predicted octanol–water partition coefficient (Wildman–Crippen LogP) is 8.14. The topological polar surface area (TPSA) is 351 Å². The van der Waals surface area contributed by atoms with Gasteiger partial charge in [-0.25, -0.2) is 32.1 Å². The molecule has 4 aromatic heterocycles. The third-order valence-corrected chi connectivity index (χ3v) is 16.5. The molecule has 12 atom stereocenters. The maximum absolute atomic E-state index is 16.2. The lowest BCUT2D eigenvalue weighted by atomic mass is 9.97. The van der Waals surface area contributed by atoms with Gasteiger partial charge in [-0.05, 0) is 90.9 Å². The number of hydrogen-bond acceptors (Lipinski definition) is 24. The van der Waals surface area contributed by atoms with Gasteiger partial charge in [-0.15, -0.1) is 0 Å². The fraction of sp³-hybridized carbons (Fsp3) is 0.538. The monoisotopic (exact) mass is 1260 g/mol. The highest BCUT2D eigenvalue weighted by molar-refractivity contribution is 7.85. The quantitative estimate of drug-likeness (QED) is 0.0243. The maximum Gasteiger partial charge on any atom is 0.380 e. The van der Waals surface area contributed by atoms with Crippen LogP contribution in [0.25, 0.3) is 22.3 Å². The van der Waals surface area contributed by atoms with Gasteiger partial charge < -0.3 is 64.3 Å². The summed E-state index contributed by atoms with van der Waals surface area (Å²) < 4.78 is 136. The molecule has 6 heterocycles. The van der Waals surface area contributed by atoms with Gasteiger partial charge in [0.15, 0.2) is 47.1 Å². The normalized spacial score (nSPS) is 25.8. The van der Waals surface area contributed by atoms with E-state index in [0.29, 0.717) is 12.4 Å². The Labute approximate surface area is 490 Å². The van der Waals surface area contributed by atoms with Crippen LogP contribution in [0, 0.1) is 11.8 Å². The summed E-state index contributed by atoms with van der Waals surface area (Å²) in [4.78, 5) is 48.2. The van der Waals surface area contributed by atoms with E-state index in [-0.39, 0.29) is 70.6 Å². The number of nitrogens with zero attached hydrogens (tertiary/aromatic N) is 8. The van der Waals surface area contributed by atoms with E-state index < -0.39 is 111 Å². The summed E-state index contributed by atoms with van der Waals surface area (Å²) >= 11 is 5.87. The lowest BCUT2D eigenvalue weighted by Crippen LogP contribution is -2.46. The van der Waals surface area contributed by atoms with Crippen LogP contribution in [-0.2, 0) is 42.2 Å². The fourth-order valence-corrected chi connectivity index (χ4v) is 12.6. The first-order chi connectivity index (χ1) is 39.7. The number of para-hydroxylation sites is 2. The van der Waals surface area contributed by atoms with Gasteiger partial charge >= 0.3 is 26.3 Å². The van der Waals surface area contributed by atoms with Crippen molar-refractivity contribution < 1.29 is 93.6 Å². The van der Waals surface area contributed by atoms with Gasteiger partial charge in [-0.3, -0.25) is 27.8 Å². The smallest absolute Gasteiger partial charge is 0.380 e. The number of fused-ring (bicyclic) bond motifs is 2. The highest BCUT2D eigenvalue weighted by atomic mass is 35.7. The number of carbonyl (C=O) groups excluding carboxylic acids is 2. The number of aliphatic hydroxyl groups is 3. The Bertz CT molecular complexity index is 3340. The lowest BCUT2D eigenvalue weighted by molar-refractivity contribution is -0.196. The Morgan fingerprint density at radius 1 is 0.682 bits per heavy atom. The molecule has 26 nitrogen and oxygen atoms in total. The second kappa shape index (κ2) is 27.5. The van der Waals surface area contributed by atoms with Crippen LogP contribution in [0.15, 0.2) is 73.3 Å². The fourth-order valence-electron chi connectivity index (χ4n) is 8.51. The number of esters is 2. The van der Waals surface area contributed by atoms with E-state index in [9.17, 15) is 37.7 Å². The SMILES string of the molecule is CC(C)OC(=O)[C@H](C)CP(=O)(Cl)Oc1ccccc1.CCOc1nc(N)nc2c1ncn2[C@@H]1O[C@](F)(CO)[C@@H](F)[C@@]1(C)O.CCOc1nc(N)nc2c1ncn2[C@@H]1O[C@](F)(COP(=O)(C[C@@H](C)C(=O)OC(C)C)Oc2ccccc2)[C@@H](F)[C@@]1(C)O. The molecule has 0 aliphatic carbocycles. The van der Waals surface area contributed by atoms with Crippen molar-refractivity contribution in [3.8, 4) is 23.3 Å². The largest absolute Gasteiger partial charge is 0.476 e. The van der Waals surface area contributed by atoms with Crippen molar-refractivity contribution >= 4 is 71.7 Å². The van der Waals surface area contributed by atoms with Gasteiger partial charge in [0, 0.05) is 0 Å². The number of benzene rings is 2. The minimum absolute atomic E-state index is 0.0100. The molecule has 6 aromatic rings. The van der Waals surface area contributed by atoms with Crippen LogP contribution in [0.4, 0.5) is 29.5 Å². The number of nitrogen functional groups attached to an aromatic ring is 2. The molecule has 0 bridgehead atoms. The Morgan fingerprint density at radius 3 is 1.48 bits per heavy atom. The first-order valence-electron chi connectivity index (χ1n) is 26.5. The zero-order valence-electron chi connectivity index (χ0n) is 48.0. The number of rotatable bonds is 22. The average Bonchev–Trinajstić information content (AvgIpc) is 1.63. The molecule has 0 radical (unpaired) electrons. The van der Waals surface area contributed by atoms with E-state index in [1.165, 1.54) is 25.4 Å². The molecule has 0 amide bonds. The number of aliphatic hydroxyl groups excluding tert-OH is 1. The minimum Gasteiger partial charge on any atom is -0.476 e. The summed E-state index contributed by atoms with van der Waals surface area (Å²) in [5.74, 6) is -8.71. The van der Waals surface area contributed by atoms with Crippen molar-refractivity contribution in [2.24, 2.45) is 11.8 Å². The van der Waals surface area contributed by atoms with E-state index in [1.807, 2.05) is 6.07 Å². The second-order valence-electron chi connectivity index (χ2n) is 20.6. The van der Waals surface area contributed by atoms with Crippen molar-refractivity contribution in [1.82, 2.24) is 39.0 Å². The number of carbonyl (C=O) groups is 2. The molecule has 8 rings (SSSR count). The molecular formula is C52H69ClF4N10O16P2. The minimum atomic E-state index is -4.34. The number of ether oxygens (including phenoxy) is 6. The van der Waals surface area contributed by atoms with Crippen molar-refractivity contribution in [2.75, 3.05) is 50.2 Å². The third kappa shape index (κ3) is 16.1. The maximum atomic E-state index is 16.2. The van der Waals surface area contributed by atoms with E-state index in [1.54, 1.807) is 90.9 Å². The van der Waals surface area contributed by atoms with Crippen LogP contribution >= 0.6 is 25.6 Å². The van der Waals surface area contributed by atoms with Crippen molar-refractivity contribution in [3.05, 3.63) is 73.3 Å². The summed E-state index contributed by atoms with van der Waals surface area (Å²) in [6.45, 7) is 10.0. The van der Waals surface area contributed by atoms with Gasteiger partial charge in [0.25, 0.3) is 11.7 Å². The molecule has 7 N–H and O–H groups in total. The average molecular weight is 1260 g/mol. The molecule has 2 aliphatic heterocycles. The summed E-state index contributed by atoms with van der Waals surface area (Å²) in [6.07, 6.45) is -7.33. The molecular weight excluding hydrogens is 1190 g/mol. The van der Waals surface area contributed by atoms with Gasteiger partial charge in [-0.1, -0.05) is 50.2 Å². The second-order valence-corrected chi connectivity index (χ2v) is 25.9. The Morgan fingerprint density at radius 2 is 1.08 bits per heavy atom. The molecule has 2 aliphatic rings. The number of hydrogen-bond donors (Lipinski definition) is 5. The summed E-state index contributed by atoms with van der Waals surface area (Å²) in [5.41, 5.74) is 7.02. The van der Waals surface area contributed by atoms with Crippen LogP contribution in [0.3, 0.4) is 0 Å². The predicted molar refractivity (Wildman–Crippen MR) is 300 cm³/mol. The Hall–Kier alpha value is -6.49. The van der Waals surface area contributed by atoms with E-state index >= 15 is 8.78 Å². The molecule has 33 heteroatoms. The van der Waals surface area contributed by atoms with Gasteiger partial charge in [0.05, 0.1) is 62.2 Å². The molecule has 0 spiro atoms. The van der Waals surface area contributed by atoms with E-state index in [0.717, 1.165) is 29.3 Å². The zero-order valence-corrected chi connectivity index (χ0v) is 50.5.